The van der Waals surface area contributed by atoms with Crippen molar-refractivity contribution >= 4 is 0 Å². The number of aryl methyl sites for hydroxylation is 1. The first-order valence-corrected chi connectivity index (χ1v) is 7.50. The van der Waals surface area contributed by atoms with Crippen molar-refractivity contribution in [1.29, 1.82) is 0 Å². The van der Waals surface area contributed by atoms with Crippen LogP contribution in [0.4, 0.5) is 0 Å². The van der Waals surface area contributed by atoms with Crippen LogP contribution in [0.3, 0.4) is 0 Å². The van der Waals surface area contributed by atoms with Gasteiger partial charge in [0.05, 0.1) is 0 Å². The van der Waals surface area contributed by atoms with Crippen molar-refractivity contribution in [2.75, 3.05) is 6.54 Å². The average Bonchev–Trinajstić information content (AvgIpc) is 2.37. The van der Waals surface area contributed by atoms with E-state index >= 15 is 0 Å². The number of nitrogens with one attached hydrogen (secondary N) is 1. The Labute approximate surface area is 111 Å². The van der Waals surface area contributed by atoms with Crippen molar-refractivity contribution in [2.24, 2.45) is 5.92 Å². The van der Waals surface area contributed by atoms with Crippen LogP contribution in [0.5, 0.6) is 0 Å². The molecule has 1 aliphatic rings. The molecule has 0 saturated heterocycles. The molecule has 1 aliphatic carbocycles. The second-order valence-electron chi connectivity index (χ2n) is 5.58. The van der Waals surface area contributed by atoms with Gasteiger partial charge in [0, 0.05) is 18.4 Å². The SMILES string of the molecule is CCCNC(CCc1ccncc1)CC1CCC1. The summed E-state index contributed by atoms with van der Waals surface area (Å²) in [6, 6.07) is 4.99. The van der Waals surface area contributed by atoms with Crippen molar-refractivity contribution in [3.8, 4) is 0 Å². The standard InChI is InChI=1S/C16H26N2/c1-2-10-18-16(13-15-4-3-5-15)7-6-14-8-11-17-12-9-14/h8-9,11-12,15-16,18H,2-7,10,13H2,1H3. The fourth-order valence-corrected chi connectivity index (χ4v) is 2.67. The summed E-state index contributed by atoms with van der Waals surface area (Å²) in [5, 5.41) is 3.72. The highest BCUT2D eigenvalue weighted by Crippen LogP contribution is 2.31. The number of hydrogen-bond acceptors (Lipinski definition) is 2. The summed E-state index contributed by atoms with van der Waals surface area (Å²) < 4.78 is 0. The van der Waals surface area contributed by atoms with Crippen molar-refractivity contribution in [3.63, 3.8) is 0 Å². The van der Waals surface area contributed by atoms with E-state index in [0.717, 1.165) is 12.5 Å². The Morgan fingerprint density at radius 3 is 2.72 bits per heavy atom. The molecule has 2 nitrogen and oxygen atoms in total. The fraction of sp³-hybridized carbons (Fsp3) is 0.688. The number of rotatable bonds is 8. The van der Waals surface area contributed by atoms with Crippen LogP contribution in [0.15, 0.2) is 24.5 Å². The number of aromatic nitrogens is 1. The highest BCUT2D eigenvalue weighted by Gasteiger charge is 2.21. The maximum absolute atomic E-state index is 4.08. The minimum atomic E-state index is 0.711. The van der Waals surface area contributed by atoms with Crippen molar-refractivity contribution in [1.82, 2.24) is 10.3 Å². The van der Waals surface area contributed by atoms with E-state index in [1.54, 1.807) is 0 Å². The lowest BCUT2D eigenvalue weighted by Gasteiger charge is -2.30. The summed E-state index contributed by atoms with van der Waals surface area (Å²) >= 11 is 0. The third kappa shape index (κ3) is 4.41. The minimum absolute atomic E-state index is 0.711. The summed E-state index contributed by atoms with van der Waals surface area (Å²) in [7, 11) is 0. The zero-order valence-electron chi connectivity index (χ0n) is 11.6. The predicted octanol–water partition coefficient (Wildman–Crippen LogP) is 3.57. The molecule has 2 rings (SSSR count). The molecule has 0 radical (unpaired) electrons. The van der Waals surface area contributed by atoms with Crippen LogP contribution in [-0.4, -0.2) is 17.6 Å². The van der Waals surface area contributed by atoms with Crippen LogP contribution >= 0.6 is 0 Å². The molecule has 0 bridgehead atoms. The van der Waals surface area contributed by atoms with E-state index in [9.17, 15) is 0 Å². The molecule has 0 aromatic carbocycles. The van der Waals surface area contributed by atoms with E-state index in [-0.39, 0.29) is 0 Å². The van der Waals surface area contributed by atoms with Gasteiger partial charge in [0.25, 0.3) is 0 Å². The molecule has 1 N–H and O–H groups in total. The van der Waals surface area contributed by atoms with E-state index in [4.69, 9.17) is 0 Å². The Bertz CT molecular complexity index is 319. The lowest BCUT2D eigenvalue weighted by molar-refractivity contribution is 0.254. The van der Waals surface area contributed by atoms with Gasteiger partial charge in [-0.1, -0.05) is 26.2 Å². The molecule has 2 heteroatoms. The first-order chi connectivity index (χ1) is 8.88. The fourth-order valence-electron chi connectivity index (χ4n) is 2.67. The highest BCUT2D eigenvalue weighted by atomic mass is 14.9. The van der Waals surface area contributed by atoms with Gasteiger partial charge in [-0.25, -0.2) is 0 Å². The van der Waals surface area contributed by atoms with Gasteiger partial charge < -0.3 is 5.32 Å². The highest BCUT2D eigenvalue weighted by molar-refractivity contribution is 5.09. The molecule has 0 amide bonds. The average molecular weight is 246 g/mol. The Balaban J connectivity index is 1.76. The van der Waals surface area contributed by atoms with Gasteiger partial charge in [0.2, 0.25) is 0 Å². The van der Waals surface area contributed by atoms with Crippen LogP contribution in [-0.2, 0) is 6.42 Å². The van der Waals surface area contributed by atoms with Crippen LogP contribution in [0.1, 0.15) is 51.0 Å². The maximum Gasteiger partial charge on any atom is 0.0270 e. The minimum Gasteiger partial charge on any atom is -0.314 e. The molecule has 0 spiro atoms. The number of nitrogens with zero attached hydrogens (tertiary/aromatic N) is 1. The second-order valence-corrected chi connectivity index (χ2v) is 5.58. The Morgan fingerprint density at radius 1 is 1.33 bits per heavy atom. The van der Waals surface area contributed by atoms with Gasteiger partial charge in [-0.3, -0.25) is 4.98 Å². The van der Waals surface area contributed by atoms with Crippen molar-refractivity contribution < 1.29 is 0 Å². The van der Waals surface area contributed by atoms with Gasteiger partial charge in [0.15, 0.2) is 0 Å². The quantitative estimate of drug-likeness (QED) is 0.758. The van der Waals surface area contributed by atoms with Gasteiger partial charge in [-0.2, -0.15) is 0 Å². The normalized spacial score (nSPS) is 17.4. The first kappa shape index (κ1) is 13.5. The van der Waals surface area contributed by atoms with Gasteiger partial charge in [0.1, 0.15) is 0 Å². The molecule has 1 aromatic rings. The second kappa shape index (κ2) is 7.52. The zero-order chi connectivity index (χ0) is 12.6. The lowest BCUT2D eigenvalue weighted by Crippen LogP contribution is -2.33. The molecule has 1 atom stereocenters. The summed E-state index contributed by atoms with van der Waals surface area (Å²) in [5.74, 6) is 0.997. The zero-order valence-corrected chi connectivity index (χ0v) is 11.6. The van der Waals surface area contributed by atoms with E-state index in [1.807, 2.05) is 12.4 Å². The summed E-state index contributed by atoms with van der Waals surface area (Å²) in [6.45, 7) is 3.41. The Hall–Kier alpha value is -0.890. The van der Waals surface area contributed by atoms with Crippen LogP contribution in [0, 0.1) is 5.92 Å². The van der Waals surface area contributed by atoms with E-state index in [0.29, 0.717) is 6.04 Å². The molecule has 0 aliphatic heterocycles. The maximum atomic E-state index is 4.08. The molecule has 1 fully saturated rings. The molecule has 1 unspecified atom stereocenters. The lowest BCUT2D eigenvalue weighted by atomic mass is 9.80. The van der Waals surface area contributed by atoms with E-state index in [1.165, 1.54) is 50.5 Å². The van der Waals surface area contributed by atoms with E-state index in [2.05, 4.69) is 29.4 Å². The summed E-state index contributed by atoms with van der Waals surface area (Å²) in [6.07, 6.45) is 13.2. The smallest absolute Gasteiger partial charge is 0.0270 e. The molecule has 1 saturated carbocycles. The number of pyridine rings is 1. The monoisotopic (exact) mass is 246 g/mol. The van der Waals surface area contributed by atoms with Crippen LogP contribution in [0.25, 0.3) is 0 Å². The molecular formula is C16H26N2. The van der Waals surface area contributed by atoms with Gasteiger partial charge in [-0.05, 0) is 55.8 Å². The Kier molecular flexibility index (Phi) is 5.66. The van der Waals surface area contributed by atoms with Gasteiger partial charge in [-0.15, -0.1) is 0 Å². The van der Waals surface area contributed by atoms with E-state index < -0.39 is 0 Å². The molecule has 1 heterocycles. The third-order valence-corrected chi connectivity index (χ3v) is 4.06. The topological polar surface area (TPSA) is 24.9 Å². The Morgan fingerprint density at radius 2 is 2.11 bits per heavy atom. The first-order valence-electron chi connectivity index (χ1n) is 7.50. The molecule has 100 valence electrons. The van der Waals surface area contributed by atoms with Crippen LogP contribution in [0.2, 0.25) is 0 Å². The van der Waals surface area contributed by atoms with Crippen molar-refractivity contribution in [3.05, 3.63) is 30.1 Å². The molecular weight excluding hydrogens is 220 g/mol. The molecule has 18 heavy (non-hydrogen) atoms. The summed E-state index contributed by atoms with van der Waals surface area (Å²) in [5.41, 5.74) is 1.42. The van der Waals surface area contributed by atoms with Crippen molar-refractivity contribution in [2.45, 2.75) is 57.9 Å². The largest absolute Gasteiger partial charge is 0.314 e. The van der Waals surface area contributed by atoms with Crippen LogP contribution < -0.4 is 5.32 Å². The molecule has 1 aromatic heterocycles. The predicted molar refractivity (Wildman–Crippen MR) is 76.6 cm³/mol. The van der Waals surface area contributed by atoms with Gasteiger partial charge >= 0.3 is 0 Å². The summed E-state index contributed by atoms with van der Waals surface area (Å²) in [4.78, 5) is 4.08. The number of hydrogen-bond donors (Lipinski definition) is 1. The third-order valence-electron chi connectivity index (χ3n) is 4.06.